The molecule has 0 saturated carbocycles. The van der Waals surface area contributed by atoms with Gasteiger partial charge in [0.05, 0.1) is 11.1 Å². The molecule has 4 heteroatoms. The third kappa shape index (κ3) is 3.36. The van der Waals surface area contributed by atoms with Gasteiger partial charge in [0.25, 0.3) is 0 Å². The highest BCUT2D eigenvalue weighted by atomic mass is 127. The first-order valence-corrected chi connectivity index (χ1v) is 7.72. The molecule has 0 saturated heterocycles. The molecule has 0 aliphatic carbocycles. The second-order valence-corrected chi connectivity index (χ2v) is 5.90. The third-order valence-corrected chi connectivity index (χ3v) is 4.17. The highest BCUT2D eigenvalue weighted by Crippen LogP contribution is 2.27. The highest BCUT2D eigenvalue weighted by molar-refractivity contribution is 14.1. The average Bonchev–Trinajstić information content (AvgIpc) is 2.41. The summed E-state index contributed by atoms with van der Waals surface area (Å²) in [5.74, 6) is 0.774. The first-order valence-electron chi connectivity index (χ1n) is 5.85. The molecule has 19 heavy (non-hydrogen) atoms. The van der Waals surface area contributed by atoms with Crippen molar-refractivity contribution in [3.05, 3.63) is 61.6 Å². The third-order valence-electron chi connectivity index (χ3n) is 2.61. The van der Waals surface area contributed by atoms with Crippen LogP contribution in [0.15, 0.2) is 46.9 Å². The van der Waals surface area contributed by atoms with Crippen LogP contribution in [0.4, 0.5) is 0 Å². The van der Waals surface area contributed by atoms with Crippen molar-refractivity contribution in [1.29, 1.82) is 0 Å². The Morgan fingerprint density at radius 1 is 1.26 bits per heavy atom. The zero-order valence-electron chi connectivity index (χ0n) is 10.3. The van der Waals surface area contributed by atoms with Crippen LogP contribution in [-0.2, 0) is 0 Å². The van der Waals surface area contributed by atoms with Gasteiger partial charge in [-0.25, -0.2) is 0 Å². The summed E-state index contributed by atoms with van der Waals surface area (Å²) in [7, 11) is 0. The smallest absolute Gasteiger partial charge is 0.194 e. The number of hydrogen-bond donors (Lipinski definition) is 0. The van der Waals surface area contributed by atoms with E-state index in [9.17, 15) is 4.79 Å². The van der Waals surface area contributed by atoms with Crippen LogP contribution in [0.25, 0.3) is 0 Å². The van der Waals surface area contributed by atoms with Gasteiger partial charge in [-0.15, -0.1) is 0 Å². The van der Waals surface area contributed by atoms with E-state index >= 15 is 0 Å². The van der Waals surface area contributed by atoms with E-state index in [1.807, 2.05) is 37.3 Å². The quantitative estimate of drug-likeness (QED) is 0.519. The van der Waals surface area contributed by atoms with Gasteiger partial charge in [0.15, 0.2) is 5.78 Å². The average molecular weight is 431 g/mol. The van der Waals surface area contributed by atoms with Gasteiger partial charge < -0.3 is 4.74 Å². The van der Waals surface area contributed by atoms with Gasteiger partial charge in [-0.2, -0.15) is 0 Å². The molecule has 0 unspecified atom stereocenters. The van der Waals surface area contributed by atoms with E-state index in [4.69, 9.17) is 4.74 Å². The maximum absolute atomic E-state index is 12.4. The number of rotatable bonds is 4. The van der Waals surface area contributed by atoms with Gasteiger partial charge in [-0.05, 0) is 75.8 Å². The molecule has 0 fully saturated rings. The van der Waals surface area contributed by atoms with Crippen LogP contribution in [0.2, 0.25) is 0 Å². The second kappa shape index (κ2) is 6.52. The fourth-order valence-corrected chi connectivity index (χ4v) is 2.84. The molecular weight excluding hydrogens is 419 g/mol. The van der Waals surface area contributed by atoms with Crippen LogP contribution in [-0.4, -0.2) is 12.4 Å². The number of carbonyl (C=O) groups is 1. The van der Waals surface area contributed by atoms with Crippen LogP contribution in [0.1, 0.15) is 22.8 Å². The number of halogens is 2. The summed E-state index contributed by atoms with van der Waals surface area (Å²) in [5.41, 5.74) is 1.37. The maximum Gasteiger partial charge on any atom is 0.194 e. The Morgan fingerprint density at radius 2 is 2.00 bits per heavy atom. The topological polar surface area (TPSA) is 26.3 Å². The molecule has 0 spiro atoms. The zero-order valence-corrected chi connectivity index (χ0v) is 14.1. The Hall–Kier alpha value is -0.880. The molecule has 0 heterocycles. The lowest BCUT2D eigenvalue weighted by molar-refractivity contribution is 0.103. The standard InChI is InChI=1S/C15H12BrIO2/c1-2-19-14-8-7-10(9-12(14)16)15(18)11-5-3-4-6-13(11)17/h3-9H,2H2,1H3. The SMILES string of the molecule is CCOc1ccc(C(=O)c2ccccc2I)cc1Br. The van der Waals surface area contributed by atoms with Crippen molar-refractivity contribution in [3.8, 4) is 5.75 Å². The van der Waals surface area contributed by atoms with Crippen molar-refractivity contribution < 1.29 is 9.53 Å². The molecule has 0 atom stereocenters. The van der Waals surface area contributed by atoms with Crippen molar-refractivity contribution in [2.24, 2.45) is 0 Å². The first-order chi connectivity index (χ1) is 9.13. The summed E-state index contributed by atoms with van der Waals surface area (Å²) in [5, 5.41) is 0. The van der Waals surface area contributed by atoms with Crippen molar-refractivity contribution in [2.45, 2.75) is 6.92 Å². The normalized spacial score (nSPS) is 10.3. The number of ether oxygens (including phenoxy) is 1. The van der Waals surface area contributed by atoms with E-state index in [1.54, 1.807) is 12.1 Å². The molecule has 0 radical (unpaired) electrons. The largest absolute Gasteiger partial charge is 0.493 e. The first kappa shape index (κ1) is 14.5. The predicted octanol–water partition coefficient (Wildman–Crippen LogP) is 4.68. The lowest BCUT2D eigenvalue weighted by Crippen LogP contribution is -2.04. The molecule has 2 rings (SSSR count). The van der Waals surface area contributed by atoms with Gasteiger partial charge >= 0.3 is 0 Å². The van der Waals surface area contributed by atoms with Gasteiger partial charge in [0.2, 0.25) is 0 Å². The van der Waals surface area contributed by atoms with Gasteiger partial charge in [-0.1, -0.05) is 12.1 Å². The minimum atomic E-state index is 0.0220. The summed E-state index contributed by atoms with van der Waals surface area (Å²) in [4.78, 5) is 12.4. The van der Waals surface area contributed by atoms with E-state index in [0.717, 1.165) is 19.4 Å². The van der Waals surface area contributed by atoms with E-state index in [0.29, 0.717) is 12.2 Å². The highest BCUT2D eigenvalue weighted by Gasteiger charge is 2.13. The van der Waals surface area contributed by atoms with Crippen molar-refractivity contribution in [3.63, 3.8) is 0 Å². The monoisotopic (exact) mass is 430 g/mol. The van der Waals surface area contributed by atoms with Gasteiger partial charge in [0, 0.05) is 14.7 Å². The van der Waals surface area contributed by atoms with E-state index in [2.05, 4.69) is 38.5 Å². The number of carbonyl (C=O) groups excluding carboxylic acids is 1. The molecule has 0 N–H and O–H groups in total. The molecule has 0 bridgehead atoms. The van der Waals surface area contributed by atoms with Gasteiger partial charge in [-0.3, -0.25) is 4.79 Å². The molecule has 2 aromatic carbocycles. The summed E-state index contributed by atoms with van der Waals surface area (Å²) in [6, 6.07) is 13.0. The van der Waals surface area contributed by atoms with E-state index < -0.39 is 0 Å². The van der Waals surface area contributed by atoms with Crippen LogP contribution >= 0.6 is 38.5 Å². The summed E-state index contributed by atoms with van der Waals surface area (Å²) < 4.78 is 7.19. The summed E-state index contributed by atoms with van der Waals surface area (Å²) >= 11 is 5.60. The van der Waals surface area contributed by atoms with Crippen LogP contribution in [0, 0.1) is 3.57 Å². The summed E-state index contributed by atoms with van der Waals surface area (Å²) in [6.45, 7) is 2.53. The molecule has 0 aliphatic rings. The molecule has 98 valence electrons. The molecule has 0 aromatic heterocycles. The zero-order chi connectivity index (χ0) is 13.8. The number of benzene rings is 2. The molecule has 0 amide bonds. The lowest BCUT2D eigenvalue weighted by Gasteiger charge is -2.08. The Labute approximate surface area is 134 Å². The Bertz CT molecular complexity index is 611. The maximum atomic E-state index is 12.4. The van der Waals surface area contributed by atoms with E-state index in [1.165, 1.54) is 0 Å². The van der Waals surface area contributed by atoms with E-state index in [-0.39, 0.29) is 5.78 Å². The minimum Gasteiger partial charge on any atom is -0.493 e. The van der Waals surface area contributed by atoms with Crippen molar-refractivity contribution in [1.82, 2.24) is 0 Å². The molecule has 2 nitrogen and oxygen atoms in total. The summed E-state index contributed by atoms with van der Waals surface area (Å²) in [6.07, 6.45) is 0. The van der Waals surface area contributed by atoms with Crippen molar-refractivity contribution >= 4 is 44.3 Å². The second-order valence-electron chi connectivity index (χ2n) is 3.89. The number of hydrogen-bond acceptors (Lipinski definition) is 2. The Kier molecular flexibility index (Phi) is 4.99. The van der Waals surface area contributed by atoms with Crippen LogP contribution in [0.5, 0.6) is 5.75 Å². The van der Waals surface area contributed by atoms with Crippen LogP contribution < -0.4 is 4.74 Å². The molecular formula is C15H12BrIO2. The Morgan fingerprint density at radius 3 is 2.63 bits per heavy atom. The van der Waals surface area contributed by atoms with Crippen molar-refractivity contribution in [2.75, 3.05) is 6.61 Å². The van der Waals surface area contributed by atoms with Crippen LogP contribution in [0.3, 0.4) is 0 Å². The lowest BCUT2D eigenvalue weighted by atomic mass is 10.0. The number of ketones is 1. The fourth-order valence-electron chi connectivity index (χ4n) is 1.72. The van der Waals surface area contributed by atoms with Gasteiger partial charge in [0.1, 0.15) is 5.75 Å². The predicted molar refractivity (Wildman–Crippen MR) is 87.9 cm³/mol. The molecule has 0 aliphatic heterocycles. The fraction of sp³-hybridized carbons (Fsp3) is 0.133. The Balaban J connectivity index is 2.35. The minimum absolute atomic E-state index is 0.0220. The molecule has 2 aromatic rings.